The van der Waals surface area contributed by atoms with Crippen LogP contribution in [0.3, 0.4) is 0 Å². The van der Waals surface area contributed by atoms with E-state index in [1.54, 1.807) is 11.8 Å². The van der Waals surface area contributed by atoms with Crippen LogP contribution in [-0.2, 0) is 17.9 Å². The average molecular weight is 368 g/mol. The first kappa shape index (κ1) is 17.2. The molecule has 0 saturated heterocycles. The quantitative estimate of drug-likeness (QED) is 0.766. The molecule has 1 atom stereocenters. The summed E-state index contributed by atoms with van der Waals surface area (Å²) in [6, 6.07) is 13.1. The minimum absolute atomic E-state index is 0.182. The van der Waals surface area contributed by atoms with Gasteiger partial charge in [0.25, 0.3) is 5.91 Å². The van der Waals surface area contributed by atoms with Gasteiger partial charge in [-0.15, -0.1) is 5.10 Å². The Kier molecular flexibility index (Phi) is 4.55. The number of rotatable bonds is 4. The summed E-state index contributed by atoms with van der Waals surface area (Å²) in [6.07, 6.45) is -0.182. The molecule has 1 aliphatic rings. The molecule has 1 aliphatic heterocycles. The standard InChI is InChI=1S/C19H17FN4O3/c1-26-15-8-2-12(3-9-15)17-10-24-16(11-27-17)18(22-23-24)19(25)21-14-6-4-13(20)5-7-14/h2-9,17H,10-11H2,1H3,(H,21,25). The maximum atomic E-state index is 13.0. The molecule has 138 valence electrons. The lowest BCUT2D eigenvalue weighted by Gasteiger charge is -2.24. The van der Waals surface area contributed by atoms with Crippen LogP contribution in [0, 0.1) is 5.82 Å². The highest BCUT2D eigenvalue weighted by molar-refractivity contribution is 6.03. The van der Waals surface area contributed by atoms with Crippen molar-refractivity contribution in [1.82, 2.24) is 15.0 Å². The number of ether oxygens (including phenoxy) is 2. The van der Waals surface area contributed by atoms with Crippen LogP contribution in [0.25, 0.3) is 0 Å². The predicted octanol–water partition coefficient (Wildman–Crippen LogP) is 2.95. The molecule has 27 heavy (non-hydrogen) atoms. The zero-order valence-corrected chi connectivity index (χ0v) is 14.6. The summed E-state index contributed by atoms with van der Waals surface area (Å²) in [5.41, 5.74) is 2.29. The maximum absolute atomic E-state index is 13.0. The van der Waals surface area contributed by atoms with Gasteiger partial charge in [0, 0.05) is 5.69 Å². The third-order valence-corrected chi connectivity index (χ3v) is 4.40. The van der Waals surface area contributed by atoms with Gasteiger partial charge in [0.1, 0.15) is 17.7 Å². The minimum Gasteiger partial charge on any atom is -0.497 e. The Bertz CT molecular complexity index is 954. The fourth-order valence-corrected chi connectivity index (χ4v) is 2.93. The van der Waals surface area contributed by atoms with Gasteiger partial charge in [-0.05, 0) is 42.0 Å². The van der Waals surface area contributed by atoms with Gasteiger partial charge in [-0.3, -0.25) is 4.79 Å². The minimum atomic E-state index is -0.408. The molecule has 8 heteroatoms. The van der Waals surface area contributed by atoms with Crippen molar-refractivity contribution in [2.24, 2.45) is 0 Å². The summed E-state index contributed by atoms with van der Waals surface area (Å²) in [6.45, 7) is 0.675. The van der Waals surface area contributed by atoms with Crippen LogP contribution in [0.5, 0.6) is 5.75 Å². The Hall–Kier alpha value is -3.26. The number of amides is 1. The lowest BCUT2D eigenvalue weighted by Crippen LogP contribution is -2.24. The number of nitrogens with one attached hydrogen (secondary N) is 1. The molecular formula is C19H17FN4O3. The van der Waals surface area contributed by atoms with Crippen LogP contribution in [0.4, 0.5) is 10.1 Å². The molecule has 1 unspecified atom stereocenters. The van der Waals surface area contributed by atoms with Crippen LogP contribution in [0.15, 0.2) is 48.5 Å². The van der Waals surface area contributed by atoms with Gasteiger partial charge in [-0.25, -0.2) is 9.07 Å². The molecule has 0 radical (unpaired) electrons. The normalized spacial score (nSPS) is 15.9. The highest BCUT2D eigenvalue weighted by atomic mass is 19.1. The molecule has 1 N–H and O–H groups in total. The zero-order valence-electron chi connectivity index (χ0n) is 14.6. The second-order valence-electron chi connectivity index (χ2n) is 6.10. The van der Waals surface area contributed by atoms with Gasteiger partial charge >= 0.3 is 0 Å². The van der Waals surface area contributed by atoms with Gasteiger partial charge in [-0.1, -0.05) is 17.3 Å². The van der Waals surface area contributed by atoms with Crippen LogP contribution < -0.4 is 10.1 Å². The maximum Gasteiger partial charge on any atom is 0.278 e. The zero-order chi connectivity index (χ0) is 18.8. The highest BCUT2D eigenvalue weighted by Gasteiger charge is 2.27. The van der Waals surface area contributed by atoms with E-state index in [1.807, 2.05) is 24.3 Å². The van der Waals surface area contributed by atoms with Gasteiger partial charge in [0.15, 0.2) is 5.69 Å². The highest BCUT2D eigenvalue weighted by Crippen LogP contribution is 2.28. The van der Waals surface area contributed by atoms with Crippen molar-refractivity contribution in [2.75, 3.05) is 12.4 Å². The topological polar surface area (TPSA) is 78.3 Å². The second kappa shape index (κ2) is 7.16. The molecule has 7 nitrogen and oxygen atoms in total. The third-order valence-electron chi connectivity index (χ3n) is 4.40. The molecule has 0 spiro atoms. The number of fused-ring (bicyclic) bond motifs is 1. The number of anilines is 1. The molecule has 3 aromatic rings. The second-order valence-corrected chi connectivity index (χ2v) is 6.10. The van der Waals surface area contributed by atoms with E-state index < -0.39 is 5.91 Å². The number of nitrogens with zero attached hydrogens (tertiary/aromatic N) is 3. The number of carbonyl (C=O) groups is 1. The fraction of sp³-hybridized carbons (Fsp3) is 0.211. The number of benzene rings is 2. The third kappa shape index (κ3) is 3.52. The number of halogens is 1. The molecule has 1 aromatic heterocycles. The summed E-state index contributed by atoms with van der Waals surface area (Å²) in [5.74, 6) is -0.00267. The van der Waals surface area contributed by atoms with Gasteiger partial charge in [0.05, 0.1) is 26.0 Å². The van der Waals surface area contributed by atoms with Gasteiger partial charge in [-0.2, -0.15) is 0 Å². The van der Waals surface area contributed by atoms with Crippen LogP contribution in [0.1, 0.15) is 27.8 Å². The molecule has 0 bridgehead atoms. The molecule has 1 amide bonds. The molecule has 2 aromatic carbocycles. The molecule has 0 aliphatic carbocycles. The number of aromatic nitrogens is 3. The Labute approximate surface area is 154 Å². The van der Waals surface area contributed by atoms with Crippen LogP contribution in [0.2, 0.25) is 0 Å². The largest absolute Gasteiger partial charge is 0.497 e. The summed E-state index contributed by atoms with van der Waals surface area (Å²) < 4.78 is 25.7. The van der Waals surface area contributed by atoms with Crippen molar-refractivity contribution in [3.8, 4) is 5.75 Å². The number of hydrogen-bond acceptors (Lipinski definition) is 5. The first-order valence-corrected chi connectivity index (χ1v) is 8.39. The summed E-state index contributed by atoms with van der Waals surface area (Å²) in [4.78, 5) is 12.5. The van der Waals surface area contributed by atoms with E-state index in [-0.39, 0.29) is 24.2 Å². The lowest BCUT2D eigenvalue weighted by molar-refractivity contribution is -0.00173. The molecule has 2 heterocycles. The van der Waals surface area contributed by atoms with Crippen molar-refractivity contribution >= 4 is 11.6 Å². The average Bonchev–Trinajstić information content (AvgIpc) is 3.13. The van der Waals surface area contributed by atoms with Gasteiger partial charge in [0.2, 0.25) is 0 Å². The summed E-state index contributed by atoms with van der Waals surface area (Å²) in [7, 11) is 1.62. The molecule has 0 saturated carbocycles. The Balaban J connectivity index is 1.49. The van der Waals surface area contributed by atoms with E-state index in [9.17, 15) is 9.18 Å². The SMILES string of the molecule is COc1ccc(C2Cn3nnc(C(=O)Nc4ccc(F)cc4)c3CO2)cc1. The van der Waals surface area contributed by atoms with Crippen molar-refractivity contribution in [3.63, 3.8) is 0 Å². The first-order chi connectivity index (χ1) is 13.1. The number of methoxy groups -OCH3 is 1. The number of carbonyl (C=O) groups excluding carboxylic acids is 1. The van der Waals surface area contributed by atoms with Crippen LogP contribution in [-0.4, -0.2) is 28.0 Å². The first-order valence-electron chi connectivity index (χ1n) is 8.39. The molecular weight excluding hydrogens is 351 g/mol. The van der Waals surface area contributed by atoms with E-state index in [2.05, 4.69) is 15.6 Å². The summed E-state index contributed by atoms with van der Waals surface area (Å²) >= 11 is 0. The van der Waals surface area contributed by atoms with Crippen molar-refractivity contribution < 1.29 is 18.7 Å². The van der Waals surface area contributed by atoms with E-state index >= 15 is 0 Å². The molecule has 4 rings (SSSR count). The summed E-state index contributed by atoms with van der Waals surface area (Å²) in [5, 5.41) is 10.8. The van der Waals surface area contributed by atoms with Crippen molar-refractivity contribution in [1.29, 1.82) is 0 Å². The number of hydrogen-bond donors (Lipinski definition) is 1. The van der Waals surface area contributed by atoms with Crippen molar-refractivity contribution in [2.45, 2.75) is 19.3 Å². The fourth-order valence-electron chi connectivity index (χ4n) is 2.93. The van der Waals surface area contributed by atoms with Crippen LogP contribution >= 0.6 is 0 Å². The predicted molar refractivity (Wildman–Crippen MR) is 94.9 cm³/mol. The van der Waals surface area contributed by atoms with Crippen molar-refractivity contribution in [3.05, 3.63) is 71.3 Å². The molecule has 0 fully saturated rings. The van der Waals surface area contributed by atoms with E-state index in [1.165, 1.54) is 24.3 Å². The lowest BCUT2D eigenvalue weighted by atomic mass is 10.1. The Morgan fingerprint density at radius 1 is 1.22 bits per heavy atom. The smallest absolute Gasteiger partial charge is 0.278 e. The Morgan fingerprint density at radius 3 is 2.67 bits per heavy atom. The Morgan fingerprint density at radius 2 is 1.96 bits per heavy atom. The van der Waals surface area contributed by atoms with Gasteiger partial charge < -0.3 is 14.8 Å². The van der Waals surface area contributed by atoms with E-state index in [0.29, 0.717) is 17.9 Å². The van der Waals surface area contributed by atoms with E-state index in [0.717, 1.165) is 11.3 Å². The monoisotopic (exact) mass is 368 g/mol. The van der Waals surface area contributed by atoms with E-state index in [4.69, 9.17) is 9.47 Å².